The fourth-order valence-electron chi connectivity index (χ4n) is 2.04. The molecule has 0 saturated heterocycles. The zero-order chi connectivity index (χ0) is 15.9. The van der Waals surface area contributed by atoms with E-state index in [-0.39, 0.29) is 43.1 Å². The van der Waals surface area contributed by atoms with Crippen LogP contribution < -0.4 is 16.4 Å². The fraction of sp³-hybridized carbons (Fsp3) is 0.467. The second-order valence-electron chi connectivity index (χ2n) is 4.93. The van der Waals surface area contributed by atoms with Crippen molar-refractivity contribution in [3.05, 3.63) is 30.1 Å². The van der Waals surface area contributed by atoms with Crippen molar-refractivity contribution in [1.82, 2.24) is 5.32 Å². The number of nitrogens with one attached hydrogen (secondary N) is 2. The van der Waals surface area contributed by atoms with Crippen molar-refractivity contribution in [1.29, 1.82) is 0 Å². The second kappa shape index (κ2) is 9.38. The summed E-state index contributed by atoms with van der Waals surface area (Å²) in [6.07, 6.45) is 1.23. The molecule has 4 N–H and O–H groups in total. The van der Waals surface area contributed by atoms with E-state index in [4.69, 9.17) is 5.73 Å². The van der Waals surface area contributed by atoms with Crippen LogP contribution in [0.5, 0.6) is 0 Å². The van der Waals surface area contributed by atoms with Crippen LogP contribution in [0, 0.1) is 11.2 Å². The van der Waals surface area contributed by atoms with Gasteiger partial charge >= 0.3 is 0 Å². The Bertz CT molecular complexity index is 482. The molecule has 0 spiro atoms. The minimum atomic E-state index is -0.629. The summed E-state index contributed by atoms with van der Waals surface area (Å²) in [5.41, 5.74) is 5.53. The zero-order valence-electron chi connectivity index (χ0n) is 12.8. The van der Waals surface area contributed by atoms with E-state index in [2.05, 4.69) is 10.6 Å². The zero-order valence-corrected chi connectivity index (χ0v) is 13.6. The van der Waals surface area contributed by atoms with Crippen molar-refractivity contribution < 1.29 is 14.0 Å². The minimum absolute atomic E-state index is 0. The third kappa shape index (κ3) is 5.27. The Morgan fingerprint density at radius 2 is 1.73 bits per heavy atom. The highest BCUT2D eigenvalue weighted by atomic mass is 35.5. The van der Waals surface area contributed by atoms with Gasteiger partial charge in [0.15, 0.2) is 0 Å². The highest BCUT2D eigenvalue weighted by molar-refractivity contribution is 5.95. The molecule has 1 aromatic rings. The van der Waals surface area contributed by atoms with Gasteiger partial charge in [0.05, 0.1) is 12.0 Å². The summed E-state index contributed by atoms with van der Waals surface area (Å²) in [6.45, 7) is 3.90. The number of hydrogen-bond donors (Lipinski definition) is 3. The Morgan fingerprint density at radius 1 is 1.18 bits per heavy atom. The number of anilines is 1. The molecule has 0 aromatic heterocycles. The van der Waals surface area contributed by atoms with E-state index in [0.717, 1.165) is 0 Å². The van der Waals surface area contributed by atoms with Gasteiger partial charge in [-0.05, 0) is 37.1 Å². The van der Waals surface area contributed by atoms with Gasteiger partial charge in [-0.25, -0.2) is 4.39 Å². The van der Waals surface area contributed by atoms with Gasteiger partial charge in [0.25, 0.3) is 0 Å². The quantitative estimate of drug-likeness (QED) is 0.715. The van der Waals surface area contributed by atoms with Gasteiger partial charge in [-0.1, -0.05) is 13.8 Å². The lowest BCUT2D eigenvalue weighted by Gasteiger charge is -2.28. The monoisotopic (exact) mass is 331 g/mol. The highest BCUT2D eigenvalue weighted by Crippen LogP contribution is 2.24. The van der Waals surface area contributed by atoms with Crippen molar-refractivity contribution in [2.45, 2.75) is 26.7 Å². The number of carbonyl (C=O) groups is 2. The Labute approximate surface area is 136 Å². The molecular formula is C15H23ClFN3O2. The van der Waals surface area contributed by atoms with Crippen LogP contribution in [0.3, 0.4) is 0 Å². The molecule has 0 atom stereocenters. The van der Waals surface area contributed by atoms with Gasteiger partial charge in [0.2, 0.25) is 11.8 Å². The number of benzene rings is 1. The predicted octanol–water partition coefficient (Wildman–Crippen LogP) is 2.07. The van der Waals surface area contributed by atoms with Crippen LogP contribution in [-0.4, -0.2) is 24.9 Å². The summed E-state index contributed by atoms with van der Waals surface area (Å²) < 4.78 is 12.7. The van der Waals surface area contributed by atoms with Crippen LogP contribution in [0.15, 0.2) is 24.3 Å². The van der Waals surface area contributed by atoms with Crippen LogP contribution >= 0.6 is 12.4 Å². The maximum absolute atomic E-state index is 12.7. The van der Waals surface area contributed by atoms with Gasteiger partial charge in [-0.3, -0.25) is 9.59 Å². The molecule has 0 unspecified atom stereocenters. The third-order valence-corrected chi connectivity index (χ3v) is 3.76. The van der Waals surface area contributed by atoms with E-state index in [1.54, 1.807) is 0 Å². The average Bonchev–Trinajstić information content (AvgIpc) is 2.50. The van der Waals surface area contributed by atoms with Gasteiger partial charge < -0.3 is 16.4 Å². The van der Waals surface area contributed by atoms with Crippen molar-refractivity contribution in [2.24, 2.45) is 11.1 Å². The minimum Gasteiger partial charge on any atom is -0.347 e. The van der Waals surface area contributed by atoms with E-state index in [1.165, 1.54) is 24.3 Å². The highest BCUT2D eigenvalue weighted by Gasteiger charge is 2.33. The first-order valence-electron chi connectivity index (χ1n) is 7.01. The molecule has 124 valence electrons. The molecular weight excluding hydrogens is 309 g/mol. The van der Waals surface area contributed by atoms with Crippen LogP contribution in [0.4, 0.5) is 10.1 Å². The standard InChI is InChI=1S/C15H22FN3O2.ClH/c1-3-15(4-2,10-17)14(21)18-9-13(20)19-12-7-5-11(16)6-8-12;/h5-8H,3-4,9-10,17H2,1-2H3,(H,18,21)(H,19,20);1H. The van der Waals surface area contributed by atoms with E-state index in [9.17, 15) is 14.0 Å². The molecule has 0 fully saturated rings. The molecule has 0 saturated carbocycles. The lowest BCUT2D eigenvalue weighted by molar-refractivity contribution is -0.132. The Kier molecular flexibility index (Phi) is 8.67. The molecule has 1 aromatic carbocycles. The maximum atomic E-state index is 12.7. The van der Waals surface area contributed by atoms with Crippen LogP contribution in [-0.2, 0) is 9.59 Å². The fourth-order valence-corrected chi connectivity index (χ4v) is 2.04. The van der Waals surface area contributed by atoms with Gasteiger partial charge in [-0.15, -0.1) is 12.4 Å². The lowest BCUT2D eigenvalue weighted by Crippen LogP contribution is -2.47. The number of amides is 2. The molecule has 0 aliphatic rings. The van der Waals surface area contributed by atoms with Crippen LogP contribution in [0.25, 0.3) is 0 Å². The lowest BCUT2D eigenvalue weighted by atomic mass is 9.81. The van der Waals surface area contributed by atoms with Crippen molar-refractivity contribution in [2.75, 3.05) is 18.4 Å². The molecule has 5 nitrogen and oxygen atoms in total. The van der Waals surface area contributed by atoms with Crippen molar-refractivity contribution in [3.63, 3.8) is 0 Å². The number of halogens is 2. The average molecular weight is 332 g/mol. The van der Waals surface area contributed by atoms with Crippen LogP contribution in [0.1, 0.15) is 26.7 Å². The van der Waals surface area contributed by atoms with Gasteiger partial charge in [-0.2, -0.15) is 0 Å². The largest absolute Gasteiger partial charge is 0.347 e. The normalized spacial score (nSPS) is 10.5. The molecule has 0 aliphatic heterocycles. The van der Waals surface area contributed by atoms with E-state index in [0.29, 0.717) is 18.5 Å². The van der Waals surface area contributed by atoms with Crippen molar-refractivity contribution in [3.8, 4) is 0 Å². The number of carbonyl (C=O) groups excluding carboxylic acids is 2. The third-order valence-electron chi connectivity index (χ3n) is 3.76. The summed E-state index contributed by atoms with van der Waals surface area (Å²) in [5, 5.41) is 5.18. The summed E-state index contributed by atoms with van der Waals surface area (Å²) in [6, 6.07) is 5.41. The van der Waals surface area contributed by atoms with Crippen LogP contribution in [0.2, 0.25) is 0 Å². The first-order chi connectivity index (χ1) is 9.97. The van der Waals surface area contributed by atoms with Gasteiger partial charge in [0.1, 0.15) is 5.82 Å². The summed E-state index contributed by atoms with van der Waals surface area (Å²) >= 11 is 0. The SMILES string of the molecule is CCC(CC)(CN)C(=O)NCC(=O)Nc1ccc(F)cc1.Cl. The van der Waals surface area contributed by atoms with Crippen molar-refractivity contribution >= 4 is 29.9 Å². The molecule has 0 aliphatic carbocycles. The summed E-state index contributed by atoms with van der Waals surface area (Å²) in [7, 11) is 0. The number of rotatable bonds is 7. The predicted molar refractivity (Wildman–Crippen MR) is 87.4 cm³/mol. The Morgan fingerprint density at radius 3 is 2.18 bits per heavy atom. The molecule has 2 amide bonds. The number of nitrogens with two attached hydrogens (primary N) is 1. The van der Waals surface area contributed by atoms with Gasteiger partial charge in [0, 0.05) is 12.2 Å². The second-order valence-corrected chi connectivity index (χ2v) is 4.93. The van der Waals surface area contributed by atoms with E-state index >= 15 is 0 Å². The molecule has 0 bridgehead atoms. The molecule has 1 rings (SSSR count). The van der Waals surface area contributed by atoms with E-state index < -0.39 is 5.41 Å². The number of hydrogen-bond acceptors (Lipinski definition) is 3. The molecule has 0 heterocycles. The molecule has 22 heavy (non-hydrogen) atoms. The van der Waals surface area contributed by atoms with E-state index in [1.807, 2.05) is 13.8 Å². The smallest absolute Gasteiger partial charge is 0.243 e. The summed E-state index contributed by atoms with van der Waals surface area (Å²) in [5.74, 6) is -0.961. The first-order valence-corrected chi connectivity index (χ1v) is 7.01. The Balaban J connectivity index is 0.00000441. The topological polar surface area (TPSA) is 84.2 Å². The molecule has 0 radical (unpaired) electrons. The molecule has 7 heteroatoms. The Hall–Kier alpha value is -1.66. The maximum Gasteiger partial charge on any atom is 0.243 e. The summed E-state index contributed by atoms with van der Waals surface area (Å²) in [4.78, 5) is 23.9. The first kappa shape index (κ1) is 20.3.